The molecule has 114 valence electrons. The zero-order valence-electron chi connectivity index (χ0n) is 13.1. The summed E-state index contributed by atoms with van der Waals surface area (Å²) >= 11 is 0. The molecule has 0 spiro atoms. The number of pyridine rings is 1. The van der Waals surface area contributed by atoms with Crippen LogP contribution in [0.4, 0.5) is 5.69 Å². The van der Waals surface area contributed by atoms with Gasteiger partial charge < -0.3 is 9.80 Å². The summed E-state index contributed by atoms with van der Waals surface area (Å²) < 4.78 is 0. The van der Waals surface area contributed by atoms with Crippen LogP contribution in [0.1, 0.15) is 21.5 Å². The quantitative estimate of drug-likeness (QED) is 0.854. The van der Waals surface area contributed by atoms with E-state index in [0.29, 0.717) is 0 Å². The minimum absolute atomic E-state index is 0.149. The summed E-state index contributed by atoms with van der Waals surface area (Å²) in [5.41, 5.74) is 4.18. The fourth-order valence-corrected chi connectivity index (χ4v) is 2.86. The Morgan fingerprint density at radius 3 is 2.36 bits per heavy atom. The van der Waals surface area contributed by atoms with Crippen LogP contribution in [0.3, 0.4) is 0 Å². The van der Waals surface area contributed by atoms with Gasteiger partial charge in [-0.1, -0.05) is 17.7 Å². The molecule has 3 rings (SSSR count). The van der Waals surface area contributed by atoms with Crippen molar-refractivity contribution in [2.45, 2.75) is 13.8 Å². The standard InChI is InChI=1S/C18H21N3O/c1-14-3-4-15(2)17(13-14)18(22)21-11-9-20(10-12-21)16-5-7-19-8-6-16/h3-8,13H,9-12H2,1-2H3. The smallest absolute Gasteiger partial charge is 0.254 e. The van der Waals surface area contributed by atoms with Crippen molar-refractivity contribution in [2.75, 3.05) is 31.1 Å². The van der Waals surface area contributed by atoms with Crippen LogP contribution < -0.4 is 4.90 Å². The van der Waals surface area contributed by atoms with E-state index in [2.05, 4.69) is 9.88 Å². The van der Waals surface area contributed by atoms with Gasteiger partial charge in [0, 0.05) is 49.8 Å². The summed E-state index contributed by atoms with van der Waals surface area (Å²) in [6.45, 7) is 7.27. The van der Waals surface area contributed by atoms with Gasteiger partial charge in [-0.25, -0.2) is 0 Å². The summed E-state index contributed by atoms with van der Waals surface area (Å²) in [5.74, 6) is 0.149. The minimum atomic E-state index is 0.149. The third-order valence-corrected chi connectivity index (χ3v) is 4.22. The normalized spacial score (nSPS) is 15.0. The van der Waals surface area contributed by atoms with Crippen molar-refractivity contribution in [1.82, 2.24) is 9.88 Å². The van der Waals surface area contributed by atoms with Gasteiger partial charge >= 0.3 is 0 Å². The van der Waals surface area contributed by atoms with E-state index in [1.54, 1.807) is 0 Å². The molecule has 1 aromatic carbocycles. The second-order valence-corrected chi connectivity index (χ2v) is 5.80. The van der Waals surface area contributed by atoms with Gasteiger partial charge in [0.1, 0.15) is 0 Å². The number of amides is 1. The molecule has 4 heteroatoms. The van der Waals surface area contributed by atoms with Gasteiger partial charge in [-0.2, -0.15) is 0 Å². The second kappa shape index (κ2) is 6.18. The van der Waals surface area contributed by atoms with E-state index in [9.17, 15) is 4.79 Å². The average Bonchev–Trinajstić information content (AvgIpc) is 2.57. The van der Waals surface area contributed by atoms with Crippen LogP contribution in [0.15, 0.2) is 42.7 Å². The second-order valence-electron chi connectivity index (χ2n) is 5.80. The fourth-order valence-electron chi connectivity index (χ4n) is 2.86. The molecule has 2 heterocycles. The zero-order valence-corrected chi connectivity index (χ0v) is 13.1. The first-order valence-corrected chi connectivity index (χ1v) is 7.66. The van der Waals surface area contributed by atoms with Gasteiger partial charge in [0.05, 0.1) is 0 Å². The Bertz CT molecular complexity index is 661. The van der Waals surface area contributed by atoms with Gasteiger partial charge in [-0.3, -0.25) is 9.78 Å². The van der Waals surface area contributed by atoms with E-state index in [1.165, 1.54) is 5.69 Å². The fraction of sp³-hybridized carbons (Fsp3) is 0.333. The van der Waals surface area contributed by atoms with Crippen molar-refractivity contribution in [2.24, 2.45) is 0 Å². The number of hydrogen-bond acceptors (Lipinski definition) is 3. The molecule has 2 aromatic rings. The molecule has 4 nitrogen and oxygen atoms in total. The van der Waals surface area contributed by atoms with Crippen LogP contribution in [0, 0.1) is 13.8 Å². The number of carbonyl (C=O) groups is 1. The van der Waals surface area contributed by atoms with Crippen LogP contribution >= 0.6 is 0 Å². The van der Waals surface area contributed by atoms with E-state index >= 15 is 0 Å². The predicted octanol–water partition coefficient (Wildman–Crippen LogP) is 2.66. The lowest BCUT2D eigenvalue weighted by atomic mass is 10.0. The largest absolute Gasteiger partial charge is 0.368 e. The highest BCUT2D eigenvalue weighted by atomic mass is 16.2. The van der Waals surface area contributed by atoms with E-state index in [-0.39, 0.29) is 5.91 Å². The first-order valence-electron chi connectivity index (χ1n) is 7.66. The molecule has 1 amide bonds. The Morgan fingerprint density at radius 2 is 1.68 bits per heavy atom. The maximum atomic E-state index is 12.7. The van der Waals surface area contributed by atoms with Crippen LogP contribution in [0.25, 0.3) is 0 Å². The number of rotatable bonds is 2. The SMILES string of the molecule is Cc1ccc(C)c(C(=O)N2CCN(c3ccncc3)CC2)c1. The zero-order chi connectivity index (χ0) is 15.5. The first-order chi connectivity index (χ1) is 10.6. The number of aromatic nitrogens is 1. The van der Waals surface area contributed by atoms with Crippen molar-refractivity contribution in [1.29, 1.82) is 0 Å². The molecule has 1 saturated heterocycles. The molecule has 1 fully saturated rings. The lowest BCUT2D eigenvalue weighted by molar-refractivity contribution is 0.0746. The van der Waals surface area contributed by atoms with Crippen LogP contribution in [-0.4, -0.2) is 42.0 Å². The highest BCUT2D eigenvalue weighted by molar-refractivity contribution is 5.96. The number of aryl methyl sites for hydroxylation is 2. The molecule has 0 N–H and O–H groups in total. The number of anilines is 1. The molecule has 0 aliphatic carbocycles. The highest BCUT2D eigenvalue weighted by Gasteiger charge is 2.23. The predicted molar refractivity (Wildman–Crippen MR) is 88.3 cm³/mol. The van der Waals surface area contributed by atoms with Crippen molar-refractivity contribution in [3.05, 3.63) is 59.4 Å². The van der Waals surface area contributed by atoms with Crippen molar-refractivity contribution in [3.63, 3.8) is 0 Å². The van der Waals surface area contributed by atoms with Gasteiger partial charge in [0.2, 0.25) is 0 Å². The monoisotopic (exact) mass is 295 g/mol. The Hall–Kier alpha value is -2.36. The number of nitrogens with zero attached hydrogens (tertiary/aromatic N) is 3. The van der Waals surface area contributed by atoms with E-state index in [4.69, 9.17) is 0 Å². The molecule has 0 atom stereocenters. The molecular weight excluding hydrogens is 274 g/mol. The van der Waals surface area contributed by atoms with Crippen LogP contribution in [0.5, 0.6) is 0 Å². The Morgan fingerprint density at radius 1 is 1.00 bits per heavy atom. The third kappa shape index (κ3) is 2.96. The lowest BCUT2D eigenvalue weighted by Gasteiger charge is -2.36. The Kier molecular flexibility index (Phi) is 4.09. The van der Waals surface area contributed by atoms with E-state index in [0.717, 1.165) is 42.9 Å². The van der Waals surface area contributed by atoms with E-state index < -0.39 is 0 Å². The van der Waals surface area contributed by atoms with Crippen molar-refractivity contribution < 1.29 is 4.79 Å². The Labute approximate surface area is 131 Å². The molecule has 0 saturated carbocycles. The van der Waals surface area contributed by atoms with Gasteiger partial charge in [0.15, 0.2) is 0 Å². The number of carbonyl (C=O) groups excluding carboxylic acids is 1. The molecule has 1 aliphatic rings. The molecule has 0 unspecified atom stereocenters. The average molecular weight is 295 g/mol. The van der Waals surface area contributed by atoms with Gasteiger partial charge in [-0.15, -0.1) is 0 Å². The van der Waals surface area contributed by atoms with Gasteiger partial charge in [0.25, 0.3) is 5.91 Å². The molecule has 1 aromatic heterocycles. The maximum absolute atomic E-state index is 12.7. The summed E-state index contributed by atoms with van der Waals surface area (Å²) in [7, 11) is 0. The molecule has 0 radical (unpaired) electrons. The number of benzene rings is 1. The minimum Gasteiger partial charge on any atom is -0.368 e. The number of hydrogen-bond donors (Lipinski definition) is 0. The van der Waals surface area contributed by atoms with Crippen LogP contribution in [-0.2, 0) is 0 Å². The molecule has 0 bridgehead atoms. The van der Waals surface area contributed by atoms with Crippen molar-refractivity contribution in [3.8, 4) is 0 Å². The van der Waals surface area contributed by atoms with Crippen LogP contribution in [0.2, 0.25) is 0 Å². The lowest BCUT2D eigenvalue weighted by Crippen LogP contribution is -2.49. The summed E-state index contributed by atoms with van der Waals surface area (Å²) in [6, 6.07) is 10.1. The molecule has 1 aliphatic heterocycles. The summed E-state index contributed by atoms with van der Waals surface area (Å²) in [6.07, 6.45) is 3.62. The van der Waals surface area contributed by atoms with Gasteiger partial charge in [-0.05, 0) is 37.6 Å². The summed E-state index contributed by atoms with van der Waals surface area (Å²) in [4.78, 5) is 21.0. The third-order valence-electron chi connectivity index (χ3n) is 4.22. The Balaban J connectivity index is 1.68. The number of piperazine rings is 1. The summed E-state index contributed by atoms with van der Waals surface area (Å²) in [5, 5.41) is 0. The maximum Gasteiger partial charge on any atom is 0.254 e. The molecule has 22 heavy (non-hydrogen) atoms. The highest BCUT2D eigenvalue weighted by Crippen LogP contribution is 2.18. The van der Waals surface area contributed by atoms with Crippen molar-refractivity contribution >= 4 is 11.6 Å². The topological polar surface area (TPSA) is 36.4 Å². The molecular formula is C18H21N3O. The first kappa shape index (κ1) is 14.6. The van der Waals surface area contributed by atoms with E-state index in [1.807, 2.05) is 61.5 Å².